The van der Waals surface area contributed by atoms with Crippen LogP contribution in [0, 0.1) is 12.7 Å². The third-order valence-corrected chi connectivity index (χ3v) is 4.77. The van der Waals surface area contributed by atoms with Crippen molar-refractivity contribution in [3.05, 3.63) is 87.9 Å². The molecule has 0 aliphatic rings. The molecule has 0 fully saturated rings. The van der Waals surface area contributed by atoms with Crippen LogP contribution in [0.4, 0.5) is 10.1 Å². The molecule has 0 radical (unpaired) electrons. The van der Waals surface area contributed by atoms with E-state index in [4.69, 9.17) is 12.2 Å². The highest BCUT2D eigenvalue weighted by atomic mass is 32.1. The van der Waals surface area contributed by atoms with Gasteiger partial charge in [-0.15, -0.1) is 11.3 Å². The number of aryl methyl sites for hydroxylation is 1. The summed E-state index contributed by atoms with van der Waals surface area (Å²) in [7, 11) is 0. The van der Waals surface area contributed by atoms with Crippen LogP contribution in [0.15, 0.2) is 66.0 Å². The third-order valence-electron chi connectivity index (χ3n) is 3.62. The van der Waals surface area contributed by atoms with Crippen LogP contribution >= 0.6 is 23.6 Å². The van der Waals surface area contributed by atoms with Gasteiger partial charge in [0.2, 0.25) is 0 Å². The van der Waals surface area contributed by atoms with E-state index in [1.165, 1.54) is 22.6 Å². The van der Waals surface area contributed by atoms with Crippen LogP contribution < -0.4 is 10.6 Å². The Morgan fingerprint density at radius 3 is 2.38 bits per heavy atom. The fourth-order valence-electron chi connectivity index (χ4n) is 2.36. The van der Waals surface area contributed by atoms with E-state index in [0.717, 1.165) is 11.3 Å². The lowest BCUT2D eigenvalue weighted by Crippen LogP contribution is -2.32. The second-order valence-electron chi connectivity index (χ2n) is 5.46. The molecule has 122 valence electrons. The molecule has 2 N–H and O–H groups in total. The van der Waals surface area contributed by atoms with E-state index < -0.39 is 0 Å². The predicted octanol–water partition coefficient (Wildman–Crippen LogP) is 5.27. The summed E-state index contributed by atoms with van der Waals surface area (Å²) in [4.78, 5) is 1.18. The first-order valence-corrected chi connectivity index (χ1v) is 8.83. The van der Waals surface area contributed by atoms with Crippen LogP contribution in [0.25, 0.3) is 0 Å². The standard InChI is InChI=1S/C19H17FN2S2/c1-13-4-6-14(7-5-13)18(17-3-2-12-24-17)22-19(23)21-16-10-8-15(20)9-11-16/h2-12,18H,1H3,(H2,21,22,23)/t18-/m0/s1. The minimum atomic E-state index is -0.268. The zero-order chi connectivity index (χ0) is 16.9. The first kappa shape index (κ1) is 16.6. The SMILES string of the molecule is Cc1ccc([C@H](NC(=S)Nc2ccc(F)cc2)c2cccs2)cc1. The molecule has 1 atom stereocenters. The first-order chi connectivity index (χ1) is 11.6. The molecule has 3 aromatic rings. The quantitative estimate of drug-likeness (QED) is 0.623. The summed E-state index contributed by atoms with van der Waals surface area (Å²) >= 11 is 7.11. The van der Waals surface area contributed by atoms with Crippen molar-refractivity contribution in [2.24, 2.45) is 0 Å². The van der Waals surface area contributed by atoms with Gasteiger partial charge in [-0.05, 0) is 60.4 Å². The van der Waals surface area contributed by atoms with E-state index in [9.17, 15) is 4.39 Å². The Balaban J connectivity index is 1.77. The van der Waals surface area contributed by atoms with Crippen molar-refractivity contribution in [3.63, 3.8) is 0 Å². The summed E-state index contributed by atoms with van der Waals surface area (Å²) in [5.74, 6) is -0.268. The van der Waals surface area contributed by atoms with Crippen molar-refractivity contribution in [2.45, 2.75) is 13.0 Å². The van der Waals surface area contributed by atoms with Crippen LogP contribution in [0.3, 0.4) is 0 Å². The molecule has 1 heterocycles. The number of thiocarbonyl (C=S) groups is 1. The molecule has 0 bridgehead atoms. The number of hydrogen-bond acceptors (Lipinski definition) is 2. The fourth-order valence-corrected chi connectivity index (χ4v) is 3.40. The van der Waals surface area contributed by atoms with Gasteiger partial charge in [0.15, 0.2) is 5.11 Å². The predicted molar refractivity (Wildman–Crippen MR) is 103 cm³/mol. The molecule has 0 unspecified atom stereocenters. The molecule has 0 aliphatic heterocycles. The van der Waals surface area contributed by atoms with E-state index in [-0.39, 0.29) is 11.9 Å². The summed E-state index contributed by atoms with van der Waals surface area (Å²) < 4.78 is 13.0. The van der Waals surface area contributed by atoms with Gasteiger partial charge in [0, 0.05) is 10.6 Å². The molecule has 1 aromatic heterocycles. The molecule has 2 nitrogen and oxygen atoms in total. The highest BCUT2D eigenvalue weighted by molar-refractivity contribution is 7.80. The molecule has 5 heteroatoms. The molecule has 0 aliphatic carbocycles. The summed E-state index contributed by atoms with van der Waals surface area (Å²) in [6.45, 7) is 2.07. The minimum Gasteiger partial charge on any atom is -0.351 e. The largest absolute Gasteiger partial charge is 0.351 e. The van der Waals surface area contributed by atoms with E-state index in [1.54, 1.807) is 23.5 Å². The second kappa shape index (κ2) is 7.55. The summed E-state index contributed by atoms with van der Waals surface area (Å²) in [6, 6.07) is 18.6. The summed E-state index contributed by atoms with van der Waals surface area (Å²) in [6.07, 6.45) is 0. The summed E-state index contributed by atoms with van der Waals surface area (Å²) in [5.41, 5.74) is 3.12. The number of anilines is 1. The lowest BCUT2D eigenvalue weighted by Gasteiger charge is -2.20. The van der Waals surface area contributed by atoms with Crippen LogP contribution in [-0.4, -0.2) is 5.11 Å². The lowest BCUT2D eigenvalue weighted by atomic mass is 10.0. The molecule has 0 spiro atoms. The molecule has 0 amide bonds. The van der Waals surface area contributed by atoms with Gasteiger partial charge in [0.1, 0.15) is 5.82 Å². The van der Waals surface area contributed by atoms with Crippen molar-refractivity contribution in [3.8, 4) is 0 Å². The van der Waals surface area contributed by atoms with Crippen molar-refractivity contribution < 1.29 is 4.39 Å². The van der Waals surface area contributed by atoms with E-state index in [0.29, 0.717) is 5.11 Å². The number of rotatable bonds is 4. The van der Waals surface area contributed by atoms with Gasteiger partial charge in [-0.2, -0.15) is 0 Å². The maximum Gasteiger partial charge on any atom is 0.171 e. The monoisotopic (exact) mass is 356 g/mol. The Labute approximate surface area is 150 Å². The zero-order valence-electron chi connectivity index (χ0n) is 13.1. The van der Waals surface area contributed by atoms with Crippen LogP contribution in [0.1, 0.15) is 22.0 Å². The molecular weight excluding hydrogens is 339 g/mol. The molecule has 0 saturated heterocycles. The first-order valence-electron chi connectivity index (χ1n) is 7.55. The van der Waals surface area contributed by atoms with Crippen molar-refractivity contribution in [1.82, 2.24) is 5.32 Å². The van der Waals surface area contributed by atoms with E-state index in [1.807, 2.05) is 6.07 Å². The van der Waals surface area contributed by atoms with Crippen molar-refractivity contribution >= 4 is 34.4 Å². The van der Waals surface area contributed by atoms with Crippen molar-refractivity contribution in [1.29, 1.82) is 0 Å². The van der Waals surface area contributed by atoms with Gasteiger partial charge >= 0.3 is 0 Å². The molecule has 0 saturated carbocycles. The number of nitrogens with one attached hydrogen (secondary N) is 2. The number of benzene rings is 2. The van der Waals surface area contributed by atoms with Gasteiger partial charge in [-0.1, -0.05) is 35.9 Å². The highest BCUT2D eigenvalue weighted by Crippen LogP contribution is 2.26. The topological polar surface area (TPSA) is 24.1 Å². The Bertz CT molecular complexity index is 796. The maximum absolute atomic E-state index is 13.0. The van der Waals surface area contributed by atoms with Gasteiger partial charge < -0.3 is 10.6 Å². The second-order valence-corrected chi connectivity index (χ2v) is 6.85. The molecular formula is C19H17FN2S2. The Hall–Kier alpha value is -2.24. The van der Waals surface area contributed by atoms with Crippen LogP contribution in [0.2, 0.25) is 0 Å². The van der Waals surface area contributed by atoms with E-state index >= 15 is 0 Å². The van der Waals surface area contributed by atoms with Gasteiger partial charge in [-0.25, -0.2) is 4.39 Å². The fraction of sp³-hybridized carbons (Fsp3) is 0.105. The van der Waals surface area contributed by atoms with Gasteiger partial charge in [0.05, 0.1) is 6.04 Å². The van der Waals surface area contributed by atoms with Crippen LogP contribution in [0.5, 0.6) is 0 Å². The molecule has 24 heavy (non-hydrogen) atoms. The maximum atomic E-state index is 13.0. The highest BCUT2D eigenvalue weighted by Gasteiger charge is 2.16. The normalized spacial score (nSPS) is 11.8. The molecule has 3 rings (SSSR count). The Kier molecular flexibility index (Phi) is 5.23. The molecule has 2 aromatic carbocycles. The van der Waals surface area contributed by atoms with Crippen molar-refractivity contribution in [2.75, 3.05) is 5.32 Å². The van der Waals surface area contributed by atoms with Gasteiger partial charge in [0.25, 0.3) is 0 Å². The van der Waals surface area contributed by atoms with Crippen LogP contribution in [-0.2, 0) is 0 Å². The average Bonchev–Trinajstić information content (AvgIpc) is 3.10. The van der Waals surface area contributed by atoms with Gasteiger partial charge in [-0.3, -0.25) is 0 Å². The summed E-state index contributed by atoms with van der Waals surface area (Å²) in [5, 5.41) is 9.01. The Morgan fingerprint density at radius 1 is 1.04 bits per heavy atom. The number of hydrogen-bond donors (Lipinski definition) is 2. The zero-order valence-corrected chi connectivity index (χ0v) is 14.8. The lowest BCUT2D eigenvalue weighted by molar-refractivity contribution is 0.628. The Morgan fingerprint density at radius 2 is 1.75 bits per heavy atom. The smallest absolute Gasteiger partial charge is 0.171 e. The third kappa shape index (κ3) is 4.19. The number of halogens is 1. The average molecular weight is 356 g/mol. The van der Waals surface area contributed by atoms with E-state index in [2.05, 4.69) is 53.3 Å². The minimum absolute atomic E-state index is 0.0222. The number of thiophene rings is 1.